The normalized spacial score (nSPS) is 11.2. The average Bonchev–Trinajstić information content (AvgIpc) is 3.21. The summed E-state index contributed by atoms with van der Waals surface area (Å²) in [5.41, 5.74) is 14.1. The minimum atomic E-state index is 0.687. The van der Waals surface area contributed by atoms with E-state index in [9.17, 15) is 0 Å². The number of rotatable bonds is 6. The molecule has 0 saturated heterocycles. The topological polar surface area (TPSA) is 51.6 Å². The lowest BCUT2D eigenvalue weighted by molar-refractivity contribution is 1.18. The number of fused-ring (bicyclic) bond motifs is 3. The lowest BCUT2D eigenvalue weighted by atomic mass is 9.98. The van der Waals surface area contributed by atoms with Crippen LogP contribution in [0.3, 0.4) is 0 Å². The number of hydrogen-bond donors (Lipinski definition) is 0. The van der Waals surface area contributed by atoms with Gasteiger partial charge in [0.1, 0.15) is 0 Å². The van der Waals surface area contributed by atoms with Crippen molar-refractivity contribution in [1.82, 2.24) is 19.9 Å². The molecule has 9 aromatic rings. The number of benzene rings is 6. The summed E-state index contributed by atoms with van der Waals surface area (Å²) >= 11 is 0. The quantitative estimate of drug-likeness (QED) is 0.168. The van der Waals surface area contributed by atoms with Crippen molar-refractivity contribution in [2.75, 3.05) is 0 Å². The number of aryl methyl sites for hydroxylation is 1. The summed E-state index contributed by atoms with van der Waals surface area (Å²) < 4.78 is 0. The molecule has 6 aromatic carbocycles. The van der Waals surface area contributed by atoms with Crippen LogP contribution in [0, 0.1) is 6.92 Å². The van der Waals surface area contributed by atoms with E-state index in [-0.39, 0.29) is 0 Å². The van der Waals surface area contributed by atoms with Gasteiger partial charge in [-0.2, -0.15) is 0 Å². The molecule has 0 amide bonds. The van der Waals surface area contributed by atoms with Crippen LogP contribution in [0.15, 0.2) is 176 Å². The number of aromatic nitrogens is 4. The van der Waals surface area contributed by atoms with Gasteiger partial charge in [0, 0.05) is 38.7 Å². The van der Waals surface area contributed by atoms with Gasteiger partial charge in [-0.1, -0.05) is 152 Å². The van der Waals surface area contributed by atoms with Crippen LogP contribution in [0.25, 0.3) is 89.2 Å². The smallest absolute Gasteiger partial charge is 0.160 e. The van der Waals surface area contributed by atoms with Crippen molar-refractivity contribution in [2.24, 2.45) is 0 Å². The van der Waals surface area contributed by atoms with Crippen molar-refractivity contribution in [3.05, 3.63) is 182 Å². The van der Waals surface area contributed by atoms with E-state index < -0.39 is 0 Å². The van der Waals surface area contributed by atoms with Crippen molar-refractivity contribution < 1.29 is 0 Å². The molecule has 0 unspecified atom stereocenters. The molecule has 0 spiro atoms. The average molecular weight is 653 g/mol. The van der Waals surface area contributed by atoms with Gasteiger partial charge in [0.05, 0.1) is 28.1 Å². The summed E-state index contributed by atoms with van der Waals surface area (Å²) in [5, 5.41) is 2.15. The Morgan fingerprint density at radius 1 is 0.333 bits per heavy atom. The summed E-state index contributed by atoms with van der Waals surface area (Å²) in [6.07, 6.45) is 0. The Morgan fingerprint density at radius 3 is 1.59 bits per heavy atom. The van der Waals surface area contributed by atoms with E-state index in [1.807, 2.05) is 30.3 Å². The Kier molecular flexibility index (Phi) is 7.67. The second-order valence-corrected chi connectivity index (χ2v) is 12.8. The molecule has 240 valence electrons. The van der Waals surface area contributed by atoms with Gasteiger partial charge in [-0.15, -0.1) is 0 Å². The Labute approximate surface area is 296 Å². The zero-order valence-corrected chi connectivity index (χ0v) is 28.0. The van der Waals surface area contributed by atoms with Crippen molar-refractivity contribution >= 4 is 21.8 Å². The van der Waals surface area contributed by atoms with Crippen LogP contribution in [0.5, 0.6) is 0 Å². The third-order valence-corrected chi connectivity index (χ3v) is 9.35. The first-order chi connectivity index (χ1) is 25.2. The second-order valence-electron chi connectivity index (χ2n) is 12.8. The monoisotopic (exact) mass is 652 g/mol. The SMILES string of the molecule is Cc1cc(-c2ccccc2)c2ccc3ccc(-c4cccc(-c5cc(-c6ccc(-c7ccccc7)cc6)nc(-c6ccccc6)n5)c4)nc3c2n1. The predicted molar refractivity (Wildman–Crippen MR) is 210 cm³/mol. The fourth-order valence-corrected chi connectivity index (χ4v) is 6.78. The molecule has 0 radical (unpaired) electrons. The van der Waals surface area contributed by atoms with Gasteiger partial charge >= 0.3 is 0 Å². The van der Waals surface area contributed by atoms with Crippen molar-refractivity contribution in [2.45, 2.75) is 6.92 Å². The molecule has 9 rings (SSSR count). The third-order valence-electron chi connectivity index (χ3n) is 9.35. The van der Waals surface area contributed by atoms with Crippen LogP contribution >= 0.6 is 0 Å². The first-order valence-corrected chi connectivity index (χ1v) is 17.1. The van der Waals surface area contributed by atoms with Crippen LogP contribution in [0.2, 0.25) is 0 Å². The fourth-order valence-electron chi connectivity index (χ4n) is 6.78. The van der Waals surface area contributed by atoms with Gasteiger partial charge in [-0.25, -0.2) is 15.0 Å². The Balaban J connectivity index is 1.14. The number of pyridine rings is 2. The van der Waals surface area contributed by atoms with Gasteiger partial charge in [0.15, 0.2) is 5.82 Å². The molecular formula is C47H32N4. The first-order valence-electron chi connectivity index (χ1n) is 17.1. The van der Waals surface area contributed by atoms with Crippen molar-refractivity contribution in [3.63, 3.8) is 0 Å². The highest BCUT2D eigenvalue weighted by Crippen LogP contribution is 2.35. The third kappa shape index (κ3) is 5.94. The molecule has 0 N–H and O–H groups in total. The largest absolute Gasteiger partial charge is 0.251 e. The van der Waals surface area contributed by atoms with Crippen molar-refractivity contribution in [3.8, 4) is 67.4 Å². The second kappa shape index (κ2) is 12.9. The van der Waals surface area contributed by atoms with Gasteiger partial charge in [-0.05, 0) is 53.4 Å². The predicted octanol–water partition coefficient (Wildman–Crippen LogP) is 11.9. The minimum absolute atomic E-state index is 0.687. The van der Waals surface area contributed by atoms with Gasteiger partial charge < -0.3 is 0 Å². The van der Waals surface area contributed by atoms with E-state index in [1.54, 1.807) is 0 Å². The van der Waals surface area contributed by atoms with E-state index >= 15 is 0 Å². The Hall–Kier alpha value is -6.78. The maximum absolute atomic E-state index is 5.25. The van der Waals surface area contributed by atoms with E-state index in [0.717, 1.165) is 72.4 Å². The Bertz CT molecular complexity index is 2670. The lowest BCUT2D eigenvalue weighted by Gasteiger charge is -2.12. The molecule has 3 aromatic heterocycles. The summed E-state index contributed by atoms with van der Waals surface area (Å²) in [5.74, 6) is 0.687. The summed E-state index contributed by atoms with van der Waals surface area (Å²) in [4.78, 5) is 20.4. The van der Waals surface area contributed by atoms with E-state index in [4.69, 9.17) is 19.9 Å². The Morgan fingerprint density at radius 2 is 0.882 bits per heavy atom. The van der Waals surface area contributed by atoms with Gasteiger partial charge in [0.25, 0.3) is 0 Å². The van der Waals surface area contributed by atoms with E-state index in [0.29, 0.717) is 5.82 Å². The maximum atomic E-state index is 5.25. The molecule has 4 nitrogen and oxygen atoms in total. The molecule has 3 heterocycles. The number of hydrogen-bond acceptors (Lipinski definition) is 4. The zero-order chi connectivity index (χ0) is 34.1. The van der Waals surface area contributed by atoms with Crippen LogP contribution in [0.4, 0.5) is 0 Å². The standard InChI is InChI=1S/C47H32N4/c1-31-28-41(34-14-7-3-8-15-34)40-26-24-36-25-27-42(49-45(36)46(40)48-31)38-18-11-19-39(29-38)44-30-43(50-47(51-44)37-16-9-4-10-17-37)35-22-20-33(21-23-35)32-12-5-2-6-13-32/h2-30H,1H3. The van der Waals surface area contributed by atoms with Crippen LogP contribution in [-0.4, -0.2) is 19.9 Å². The fraction of sp³-hybridized carbons (Fsp3) is 0.0213. The lowest BCUT2D eigenvalue weighted by Crippen LogP contribution is -1.96. The van der Waals surface area contributed by atoms with Crippen molar-refractivity contribution in [1.29, 1.82) is 0 Å². The molecule has 0 aliphatic rings. The minimum Gasteiger partial charge on any atom is -0.251 e. The van der Waals surface area contributed by atoms with E-state index in [1.165, 1.54) is 16.7 Å². The summed E-state index contributed by atoms with van der Waals surface area (Å²) in [6, 6.07) is 61.0. The summed E-state index contributed by atoms with van der Waals surface area (Å²) in [6.45, 7) is 2.05. The van der Waals surface area contributed by atoms with Crippen LogP contribution < -0.4 is 0 Å². The summed E-state index contributed by atoms with van der Waals surface area (Å²) in [7, 11) is 0. The molecule has 51 heavy (non-hydrogen) atoms. The molecule has 0 aliphatic carbocycles. The zero-order valence-electron chi connectivity index (χ0n) is 28.0. The van der Waals surface area contributed by atoms with Gasteiger partial charge in [0.2, 0.25) is 0 Å². The highest BCUT2D eigenvalue weighted by Gasteiger charge is 2.14. The molecule has 0 saturated carbocycles. The number of nitrogens with zero attached hydrogens (tertiary/aromatic N) is 4. The molecule has 0 atom stereocenters. The molecule has 4 heteroatoms. The van der Waals surface area contributed by atoms with Gasteiger partial charge in [-0.3, -0.25) is 4.98 Å². The first kappa shape index (κ1) is 30.3. The highest BCUT2D eigenvalue weighted by atomic mass is 14.9. The maximum Gasteiger partial charge on any atom is 0.160 e. The highest BCUT2D eigenvalue weighted by molar-refractivity contribution is 6.08. The molecule has 0 bridgehead atoms. The van der Waals surface area contributed by atoms with Crippen LogP contribution in [-0.2, 0) is 0 Å². The van der Waals surface area contributed by atoms with E-state index in [2.05, 4.69) is 153 Å². The van der Waals surface area contributed by atoms with Crippen LogP contribution in [0.1, 0.15) is 5.69 Å². The molecular weight excluding hydrogens is 621 g/mol. The molecule has 0 aliphatic heterocycles. The molecule has 0 fully saturated rings.